The lowest BCUT2D eigenvalue weighted by Crippen LogP contribution is -2.45. The smallest absolute Gasteiger partial charge is 0.227 e. The Balaban J connectivity index is 1.35. The summed E-state index contributed by atoms with van der Waals surface area (Å²) in [6.45, 7) is 1.51. The summed E-state index contributed by atoms with van der Waals surface area (Å²) in [5.41, 5.74) is 0.0543. The first-order valence-corrected chi connectivity index (χ1v) is 11.8. The van der Waals surface area contributed by atoms with E-state index in [1.54, 1.807) is 6.07 Å². The molecule has 4 rings (SSSR count). The number of aryl methyl sites for hydroxylation is 1. The molecule has 1 saturated carbocycles. The number of nitrogens with one attached hydrogen (secondary N) is 2. The molecule has 0 spiro atoms. The topological polar surface area (TPSA) is 106 Å². The third-order valence-corrected chi connectivity index (χ3v) is 5.93. The van der Waals surface area contributed by atoms with Crippen LogP contribution in [0.2, 0.25) is 0 Å². The van der Waals surface area contributed by atoms with Crippen LogP contribution in [0, 0.1) is 0 Å². The minimum Gasteiger partial charge on any atom is -0.457 e. The molecular formula is C26H30N4O4. The lowest BCUT2D eigenvalue weighted by Gasteiger charge is -2.30. The number of carbonyl (C=O) groups excluding carboxylic acids is 2. The van der Waals surface area contributed by atoms with Gasteiger partial charge in [0.05, 0.1) is 0 Å². The van der Waals surface area contributed by atoms with E-state index in [0.717, 1.165) is 44.3 Å². The molecule has 8 heteroatoms. The normalized spacial score (nSPS) is 15.2. The van der Waals surface area contributed by atoms with E-state index in [9.17, 15) is 9.59 Å². The van der Waals surface area contributed by atoms with Gasteiger partial charge < -0.3 is 19.9 Å². The first kappa shape index (κ1) is 23.5. The van der Waals surface area contributed by atoms with Crippen LogP contribution in [-0.4, -0.2) is 22.0 Å². The molecule has 178 valence electrons. The van der Waals surface area contributed by atoms with E-state index < -0.39 is 5.54 Å². The standard InChI is InChI=1S/C26H30N4O4/c1-19(31)29-26(16-7-2-3-8-17-26)25-28-24(34-30-25)15-14-23(32)27-20-10-9-13-22(18-20)33-21-11-5-4-6-12-21/h4-6,9-13,18H,2-3,7-8,14-17H2,1H3,(H,27,32)(H,29,31). The van der Waals surface area contributed by atoms with Crippen molar-refractivity contribution in [2.45, 2.75) is 63.8 Å². The van der Waals surface area contributed by atoms with Crippen LogP contribution in [0.25, 0.3) is 0 Å². The molecule has 1 aromatic heterocycles. The maximum absolute atomic E-state index is 12.5. The molecule has 0 atom stereocenters. The predicted octanol–water partition coefficient (Wildman–Crippen LogP) is 5.12. The van der Waals surface area contributed by atoms with E-state index in [4.69, 9.17) is 9.26 Å². The van der Waals surface area contributed by atoms with Crippen molar-refractivity contribution in [3.8, 4) is 11.5 Å². The van der Waals surface area contributed by atoms with Crippen molar-refractivity contribution in [3.05, 3.63) is 66.3 Å². The number of benzene rings is 2. The Morgan fingerprint density at radius 2 is 1.74 bits per heavy atom. The van der Waals surface area contributed by atoms with E-state index >= 15 is 0 Å². The summed E-state index contributed by atoms with van der Waals surface area (Å²) in [7, 11) is 0. The summed E-state index contributed by atoms with van der Waals surface area (Å²) in [5.74, 6) is 1.99. The molecule has 2 aromatic carbocycles. The summed E-state index contributed by atoms with van der Waals surface area (Å²) in [5, 5.41) is 10.1. The number of ether oxygens (including phenoxy) is 1. The van der Waals surface area contributed by atoms with Gasteiger partial charge in [-0.25, -0.2) is 0 Å². The highest BCUT2D eigenvalue weighted by Crippen LogP contribution is 2.34. The van der Waals surface area contributed by atoms with Gasteiger partial charge in [-0.15, -0.1) is 0 Å². The van der Waals surface area contributed by atoms with E-state index in [-0.39, 0.29) is 18.2 Å². The Kier molecular flexibility index (Phi) is 7.57. The molecule has 2 N–H and O–H groups in total. The van der Waals surface area contributed by atoms with E-state index in [0.29, 0.717) is 29.6 Å². The lowest BCUT2D eigenvalue weighted by molar-refractivity contribution is -0.121. The van der Waals surface area contributed by atoms with Gasteiger partial charge in [0.1, 0.15) is 17.0 Å². The van der Waals surface area contributed by atoms with Crippen LogP contribution in [-0.2, 0) is 21.5 Å². The molecule has 1 fully saturated rings. The summed E-state index contributed by atoms with van der Waals surface area (Å²) in [4.78, 5) is 28.9. The van der Waals surface area contributed by atoms with Crippen LogP contribution in [0.1, 0.15) is 63.6 Å². The number of hydrogen-bond acceptors (Lipinski definition) is 6. The minimum absolute atomic E-state index is 0.105. The third-order valence-electron chi connectivity index (χ3n) is 5.93. The molecule has 0 aliphatic heterocycles. The fraction of sp³-hybridized carbons (Fsp3) is 0.385. The van der Waals surface area contributed by atoms with Gasteiger partial charge in [0.2, 0.25) is 17.7 Å². The molecule has 0 bridgehead atoms. The largest absolute Gasteiger partial charge is 0.457 e. The fourth-order valence-electron chi connectivity index (χ4n) is 4.33. The quantitative estimate of drug-likeness (QED) is 0.450. The first-order chi connectivity index (χ1) is 16.5. The highest BCUT2D eigenvalue weighted by atomic mass is 16.5. The van der Waals surface area contributed by atoms with Gasteiger partial charge in [0.15, 0.2) is 5.82 Å². The lowest BCUT2D eigenvalue weighted by atomic mass is 9.89. The second-order valence-electron chi connectivity index (χ2n) is 8.68. The Morgan fingerprint density at radius 1 is 1.00 bits per heavy atom. The van der Waals surface area contributed by atoms with Crippen molar-refractivity contribution in [2.75, 3.05) is 5.32 Å². The molecule has 0 radical (unpaired) electrons. The van der Waals surface area contributed by atoms with Gasteiger partial charge in [-0.05, 0) is 37.1 Å². The molecular weight excluding hydrogens is 432 g/mol. The molecule has 1 aliphatic carbocycles. The zero-order valence-corrected chi connectivity index (χ0v) is 19.4. The predicted molar refractivity (Wildman–Crippen MR) is 127 cm³/mol. The Hall–Kier alpha value is -3.68. The highest BCUT2D eigenvalue weighted by Gasteiger charge is 2.38. The van der Waals surface area contributed by atoms with Crippen LogP contribution in [0.4, 0.5) is 5.69 Å². The van der Waals surface area contributed by atoms with E-state index in [2.05, 4.69) is 20.8 Å². The zero-order chi connectivity index (χ0) is 23.8. The molecule has 3 aromatic rings. The molecule has 34 heavy (non-hydrogen) atoms. The van der Waals surface area contributed by atoms with Crippen LogP contribution in [0.3, 0.4) is 0 Å². The number of nitrogens with zero attached hydrogens (tertiary/aromatic N) is 2. The maximum Gasteiger partial charge on any atom is 0.227 e. The van der Waals surface area contributed by atoms with Crippen molar-refractivity contribution in [2.24, 2.45) is 0 Å². The molecule has 0 saturated heterocycles. The second kappa shape index (κ2) is 11.0. The Bertz CT molecular complexity index is 1100. The molecule has 2 amide bonds. The number of aromatic nitrogens is 2. The van der Waals surface area contributed by atoms with Crippen LogP contribution in [0.5, 0.6) is 11.5 Å². The minimum atomic E-state index is -0.592. The van der Waals surface area contributed by atoms with E-state index in [1.165, 1.54) is 6.92 Å². The molecule has 1 aliphatic rings. The Morgan fingerprint density at radius 3 is 2.47 bits per heavy atom. The van der Waals surface area contributed by atoms with Crippen LogP contribution >= 0.6 is 0 Å². The van der Waals surface area contributed by atoms with Gasteiger partial charge in [0.25, 0.3) is 0 Å². The van der Waals surface area contributed by atoms with Gasteiger partial charge in [-0.2, -0.15) is 4.98 Å². The number of anilines is 1. The van der Waals surface area contributed by atoms with Crippen molar-refractivity contribution >= 4 is 17.5 Å². The highest BCUT2D eigenvalue weighted by molar-refractivity contribution is 5.90. The molecule has 8 nitrogen and oxygen atoms in total. The first-order valence-electron chi connectivity index (χ1n) is 11.8. The monoisotopic (exact) mass is 462 g/mol. The summed E-state index contributed by atoms with van der Waals surface area (Å²) in [6.07, 6.45) is 6.33. The zero-order valence-electron chi connectivity index (χ0n) is 19.4. The fourth-order valence-corrected chi connectivity index (χ4v) is 4.33. The second-order valence-corrected chi connectivity index (χ2v) is 8.68. The van der Waals surface area contributed by atoms with Crippen molar-refractivity contribution in [3.63, 3.8) is 0 Å². The number of para-hydroxylation sites is 1. The van der Waals surface area contributed by atoms with Crippen LogP contribution < -0.4 is 15.4 Å². The molecule has 0 unspecified atom stereocenters. The van der Waals surface area contributed by atoms with Gasteiger partial charge in [-0.1, -0.05) is 55.1 Å². The maximum atomic E-state index is 12.5. The Labute approximate surface area is 199 Å². The number of rotatable bonds is 8. The number of carbonyl (C=O) groups is 2. The average molecular weight is 463 g/mol. The summed E-state index contributed by atoms with van der Waals surface area (Å²) in [6, 6.07) is 16.7. The third kappa shape index (κ3) is 6.21. The van der Waals surface area contributed by atoms with Crippen molar-refractivity contribution < 1.29 is 18.8 Å². The van der Waals surface area contributed by atoms with E-state index in [1.807, 2.05) is 48.5 Å². The average Bonchev–Trinajstić information content (AvgIpc) is 3.18. The van der Waals surface area contributed by atoms with Gasteiger partial charge in [-0.3, -0.25) is 9.59 Å². The van der Waals surface area contributed by atoms with Crippen LogP contribution in [0.15, 0.2) is 59.1 Å². The number of amides is 2. The summed E-state index contributed by atoms with van der Waals surface area (Å²) < 4.78 is 11.3. The molecule has 1 heterocycles. The van der Waals surface area contributed by atoms with Crippen molar-refractivity contribution in [1.29, 1.82) is 0 Å². The summed E-state index contributed by atoms with van der Waals surface area (Å²) >= 11 is 0. The van der Waals surface area contributed by atoms with Crippen molar-refractivity contribution in [1.82, 2.24) is 15.5 Å². The van der Waals surface area contributed by atoms with Gasteiger partial charge >= 0.3 is 0 Å². The SMILES string of the molecule is CC(=O)NC1(c2noc(CCC(=O)Nc3cccc(Oc4ccccc4)c3)n2)CCCCCC1. The van der Waals surface area contributed by atoms with Gasteiger partial charge in [0, 0.05) is 31.5 Å². The number of hydrogen-bond donors (Lipinski definition) is 2.